The van der Waals surface area contributed by atoms with Crippen LogP contribution < -0.4 is 0 Å². The number of rotatable bonds is 2. The van der Waals surface area contributed by atoms with Crippen molar-refractivity contribution in [1.29, 1.82) is 5.26 Å². The Kier molecular flexibility index (Phi) is 3.95. The topological polar surface area (TPSA) is 36.1 Å². The van der Waals surface area contributed by atoms with Crippen LogP contribution in [0.15, 0.2) is 65.7 Å². The first-order valence-electron chi connectivity index (χ1n) is 7.05. The molecule has 2 nitrogen and oxygen atoms in total. The summed E-state index contributed by atoms with van der Waals surface area (Å²) in [5.74, 6) is -0.466. The molecule has 3 rings (SSSR count). The number of allylic oxidation sites excluding steroid dienone is 1. The van der Waals surface area contributed by atoms with Crippen LogP contribution in [0.4, 0.5) is 0 Å². The van der Waals surface area contributed by atoms with Crippen molar-refractivity contribution in [3.05, 3.63) is 77.4 Å². The standard InChI is InChI=1S/C19H14N2S/c1-13-7-9-15(10-8-13)18-11-16(14-5-3-2-4-6-14)17(12-20)19(22)21-18/h2-11,17H,1H3. The second-order valence-electron chi connectivity index (χ2n) is 5.23. The fraction of sp³-hybridized carbons (Fsp3) is 0.105. The molecule has 1 heterocycles. The van der Waals surface area contributed by atoms with Crippen LogP contribution in [0.1, 0.15) is 16.7 Å². The van der Waals surface area contributed by atoms with Crippen molar-refractivity contribution in [2.24, 2.45) is 10.9 Å². The number of hydrogen-bond donors (Lipinski definition) is 0. The highest BCUT2D eigenvalue weighted by molar-refractivity contribution is 7.80. The first-order chi connectivity index (χ1) is 10.7. The molecule has 0 N–H and O–H groups in total. The van der Waals surface area contributed by atoms with E-state index in [2.05, 4.69) is 11.1 Å². The molecule has 106 valence electrons. The van der Waals surface area contributed by atoms with Gasteiger partial charge in [-0.1, -0.05) is 72.4 Å². The zero-order chi connectivity index (χ0) is 15.5. The van der Waals surface area contributed by atoms with E-state index in [0.29, 0.717) is 4.99 Å². The van der Waals surface area contributed by atoms with Gasteiger partial charge in [-0.15, -0.1) is 0 Å². The molecule has 2 aromatic carbocycles. The summed E-state index contributed by atoms with van der Waals surface area (Å²) in [6, 6.07) is 20.3. The van der Waals surface area contributed by atoms with Gasteiger partial charge >= 0.3 is 0 Å². The Morgan fingerprint density at radius 1 is 1.00 bits per heavy atom. The quantitative estimate of drug-likeness (QED) is 0.773. The summed E-state index contributed by atoms with van der Waals surface area (Å²) >= 11 is 5.36. The van der Waals surface area contributed by atoms with Gasteiger partial charge in [0.2, 0.25) is 0 Å². The van der Waals surface area contributed by atoms with Gasteiger partial charge in [0.1, 0.15) is 10.9 Å². The van der Waals surface area contributed by atoms with E-state index in [9.17, 15) is 5.26 Å². The monoisotopic (exact) mass is 302 g/mol. The molecule has 22 heavy (non-hydrogen) atoms. The largest absolute Gasteiger partial charge is 0.239 e. The second-order valence-corrected chi connectivity index (χ2v) is 5.65. The van der Waals surface area contributed by atoms with Gasteiger partial charge in [0.15, 0.2) is 0 Å². The highest BCUT2D eigenvalue weighted by Gasteiger charge is 2.25. The smallest absolute Gasteiger partial charge is 0.125 e. The van der Waals surface area contributed by atoms with Crippen molar-refractivity contribution in [3.63, 3.8) is 0 Å². The molecular formula is C19H14N2S. The van der Waals surface area contributed by atoms with E-state index in [4.69, 9.17) is 12.2 Å². The van der Waals surface area contributed by atoms with E-state index < -0.39 is 5.92 Å². The predicted molar refractivity (Wildman–Crippen MR) is 93.8 cm³/mol. The Labute approximate surface area is 135 Å². The van der Waals surface area contributed by atoms with Crippen molar-refractivity contribution in [1.82, 2.24) is 0 Å². The zero-order valence-electron chi connectivity index (χ0n) is 12.2. The van der Waals surface area contributed by atoms with Gasteiger partial charge < -0.3 is 0 Å². The van der Waals surface area contributed by atoms with Gasteiger partial charge in [-0.3, -0.25) is 0 Å². The molecule has 0 amide bonds. The van der Waals surface area contributed by atoms with Crippen LogP contribution in [0.2, 0.25) is 0 Å². The maximum Gasteiger partial charge on any atom is 0.125 e. The van der Waals surface area contributed by atoms with Crippen LogP contribution >= 0.6 is 12.2 Å². The molecular weight excluding hydrogens is 288 g/mol. The number of hydrogen-bond acceptors (Lipinski definition) is 2. The number of nitrogens with zero attached hydrogens (tertiary/aromatic N) is 2. The van der Waals surface area contributed by atoms with E-state index in [0.717, 1.165) is 22.4 Å². The van der Waals surface area contributed by atoms with Crippen molar-refractivity contribution in [3.8, 4) is 6.07 Å². The summed E-state index contributed by atoms with van der Waals surface area (Å²) < 4.78 is 0. The summed E-state index contributed by atoms with van der Waals surface area (Å²) in [5.41, 5.74) is 4.95. The van der Waals surface area contributed by atoms with Crippen LogP contribution in [-0.2, 0) is 0 Å². The molecule has 1 aliphatic rings. The Morgan fingerprint density at radius 3 is 2.32 bits per heavy atom. The van der Waals surface area contributed by atoms with Crippen LogP contribution in [0.3, 0.4) is 0 Å². The van der Waals surface area contributed by atoms with Crippen LogP contribution in [0.25, 0.3) is 5.57 Å². The third-order valence-electron chi connectivity index (χ3n) is 3.66. The molecule has 1 aliphatic heterocycles. The SMILES string of the molecule is Cc1ccc(C2=NC(=S)C(C#N)C(c3ccccc3)=C2)cc1. The maximum absolute atomic E-state index is 9.44. The van der Waals surface area contributed by atoms with Gasteiger partial charge in [0.25, 0.3) is 0 Å². The third-order valence-corrected chi connectivity index (χ3v) is 3.99. The second kappa shape index (κ2) is 6.05. The van der Waals surface area contributed by atoms with Crippen molar-refractivity contribution >= 4 is 28.5 Å². The summed E-state index contributed by atoms with van der Waals surface area (Å²) in [4.78, 5) is 4.89. The molecule has 0 fully saturated rings. The minimum Gasteiger partial charge on any atom is -0.239 e. The molecule has 0 aliphatic carbocycles. The molecule has 0 bridgehead atoms. The lowest BCUT2D eigenvalue weighted by molar-refractivity contribution is 1.16. The molecule has 2 aromatic rings. The molecule has 3 heteroatoms. The number of nitriles is 1. The number of aryl methyl sites for hydroxylation is 1. The number of dihydropyridines is 1. The average molecular weight is 302 g/mol. The van der Waals surface area contributed by atoms with Gasteiger partial charge in [-0.05, 0) is 24.1 Å². The summed E-state index contributed by atoms with van der Waals surface area (Å²) in [7, 11) is 0. The van der Waals surface area contributed by atoms with E-state index in [1.807, 2.05) is 67.6 Å². The molecule has 1 atom stereocenters. The highest BCUT2D eigenvalue weighted by atomic mass is 32.1. The molecule has 0 radical (unpaired) electrons. The van der Waals surface area contributed by atoms with Crippen LogP contribution in [-0.4, -0.2) is 10.7 Å². The highest BCUT2D eigenvalue weighted by Crippen LogP contribution is 2.29. The molecule has 0 saturated heterocycles. The Balaban J connectivity index is 2.09. The lowest BCUT2D eigenvalue weighted by Gasteiger charge is -2.19. The summed E-state index contributed by atoms with van der Waals surface area (Å²) in [6.45, 7) is 2.05. The van der Waals surface area contributed by atoms with Crippen LogP contribution in [0.5, 0.6) is 0 Å². The van der Waals surface area contributed by atoms with E-state index in [1.54, 1.807) is 0 Å². The summed E-state index contributed by atoms with van der Waals surface area (Å²) in [5, 5.41) is 9.44. The normalized spacial score (nSPS) is 17.5. The van der Waals surface area contributed by atoms with E-state index in [-0.39, 0.29) is 0 Å². The first kappa shape index (κ1) is 14.4. The zero-order valence-corrected chi connectivity index (χ0v) is 13.0. The Morgan fingerprint density at radius 2 is 1.68 bits per heavy atom. The minimum absolute atomic E-state index is 0.430. The Bertz CT molecular complexity index is 809. The predicted octanol–water partition coefficient (Wildman–Crippen LogP) is 4.35. The fourth-order valence-electron chi connectivity index (χ4n) is 2.46. The van der Waals surface area contributed by atoms with E-state index in [1.165, 1.54) is 5.56 Å². The third kappa shape index (κ3) is 2.74. The van der Waals surface area contributed by atoms with Crippen molar-refractivity contribution in [2.45, 2.75) is 6.92 Å². The van der Waals surface area contributed by atoms with Gasteiger partial charge in [0.05, 0.1) is 11.8 Å². The fourth-order valence-corrected chi connectivity index (χ4v) is 2.73. The van der Waals surface area contributed by atoms with Crippen LogP contribution in [0, 0.1) is 24.2 Å². The lowest BCUT2D eigenvalue weighted by atomic mass is 9.89. The minimum atomic E-state index is -0.466. The molecule has 0 saturated carbocycles. The molecule has 0 spiro atoms. The average Bonchev–Trinajstić information content (AvgIpc) is 2.55. The lowest BCUT2D eigenvalue weighted by Crippen LogP contribution is -2.19. The Hall–Kier alpha value is -2.57. The molecule has 0 aromatic heterocycles. The number of thiocarbonyl (C=S) groups is 1. The number of benzene rings is 2. The van der Waals surface area contributed by atoms with Gasteiger partial charge in [-0.2, -0.15) is 5.26 Å². The van der Waals surface area contributed by atoms with Gasteiger partial charge in [0, 0.05) is 5.56 Å². The van der Waals surface area contributed by atoms with Crippen molar-refractivity contribution < 1.29 is 0 Å². The first-order valence-corrected chi connectivity index (χ1v) is 7.46. The summed E-state index contributed by atoms with van der Waals surface area (Å²) in [6.07, 6.45) is 1.98. The van der Waals surface area contributed by atoms with E-state index >= 15 is 0 Å². The van der Waals surface area contributed by atoms with Gasteiger partial charge in [-0.25, -0.2) is 4.99 Å². The molecule has 1 unspecified atom stereocenters. The number of aliphatic imine (C=N–C) groups is 1. The maximum atomic E-state index is 9.44. The van der Waals surface area contributed by atoms with Crippen molar-refractivity contribution in [2.75, 3.05) is 0 Å².